The molecule has 0 heterocycles. The number of ether oxygens (including phenoxy) is 2. The van der Waals surface area contributed by atoms with Gasteiger partial charge >= 0.3 is 17.9 Å². The number of carboxylic acids is 1. The molecule has 4 fully saturated rings. The summed E-state index contributed by atoms with van der Waals surface area (Å²) in [6.07, 6.45) is 7.24. The Labute approximate surface area is 189 Å². The van der Waals surface area contributed by atoms with E-state index in [9.17, 15) is 19.5 Å². The third kappa shape index (κ3) is 3.76. The number of allylic oxidation sites excluding steroid dienone is 1. The minimum atomic E-state index is -1.60. The Morgan fingerprint density at radius 3 is 2.59 bits per heavy atom. The summed E-state index contributed by atoms with van der Waals surface area (Å²) in [6, 6.07) is 0. The highest BCUT2D eigenvalue weighted by Gasteiger charge is 2.65. The normalized spacial score (nSPS) is 41.2. The van der Waals surface area contributed by atoms with Crippen molar-refractivity contribution in [2.75, 3.05) is 6.61 Å². The summed E-state index contributed by atoms with van der Waals surface area (Å²) in [4.78, 5) is 35.2. The quantitative estimate of drug-likeness (QED) is 0.275. The Bertz CT molecular complexity index is 821. The number of carbonyl (C=O) groups is 3. The fourth-order valence-corrected chi connectivity index (χ4v) is 8.23. The Kier molecular flexibility index (Phi) is 5.93. The van der Waals surface area contributed by atoms with Gasteiger partial charge in [-0.2, -0.15) is 0 Å². The van der Waals surface area contributed by atoms with Crippen LogP contribution in [0.25, 0.3) is 0 Å². The number of hydrogen-bond acceptors (Lipinski definition) is 6. The maximum absolute atomic E-state index is 13.3. The van der Waals surface area contributed by atoms with E-state index >= 15 is 0 Å². The maximum Gasteiger partial charge on any atom is 0.317 e. The third-order valence-electron chi connectivity index (χ3n) is 9.45. The molecule has 4 saturated carbocycles. The summed E-state index contributed by atoms with van der Waals surface area (Å²) in [5.74, 6) is -1.31. The largest absolute Gasteiger partial charge is 0.481 e. The smallest absolute Gasteiger partial charge is 0.317 e. The first kappa shape index (κ1) is 23.3. The molecular formula is C25H36O7. The molecule has 1 spiro atoms. The first-order valence-corrected chi connectivity index (χ1v) is 11.9. The van der Waals surface area contributed by atoms with E-state index in [2.05, 4.69) is 13.5 Å². The molecular weight excluding hydrogens is 412 g/mol. The molecule has 2 bridgehead atoms. The molecule has 0 aromatic heterocycles. The summed E-state index contributed by atoms with van der Waals surface area (Å²) in [5, 5.41) is 18.7. The van der Waals surface area contributed by atoms with Gasteiger partial charge in [0.15, 0.2) is 6.61 Å². The van der Waals surface area contributed by atoms with Crippen LogP contribution in [0.3, 0.4) is 0 Å². The van der Waals surface area contributed by atoms with Gasteiger partial charge in [0.1, 0.15) is 6.42 Å². The molecule has 0 unspecified atom stereocenters. The van der Waals surface area contributed by atoms with Gasteiger partial charge in [0.05, 0.1) is 5.41 Å². The summed E-state index contributed by atoms with van der Waals surface area (Å²) < 4.78 is 10.1. The monoisotopic (exact) mass is 448 g/mol. The summed E-state index contributed by atoms with van der Waals surface area (Å²) >= 11 is 0. The van der Waals surface area contributed by atoms with Crippen molar-refractivity contribution >= 4 is 17.9 Å². The van der Waals surface area contributed by atoms with Crippen LogP contribution in [-0.2, 0) is 23.9 Å². The summed E-state index contributed by atoms with van der Waals surface area (Å²) in [5.41, 5.74) is 1.12. The van der Waals surface area contributed by atoms with E-state index in [0.29, 0.717) is 23.7 Å². The lowest BCUT2D eigenvalue weighted by Crippen LogP contribution is -2.58. The van der Waals surface area contributed by atoms with E-state index in [0.717, 1.165) is 32.1 Å². The predicted octanol–water partition coefficient (Wildman–Crippen LogP) is 3.84. The maximum atomic E-state index is 13.3. The number of aliphatic hydroxyl groups is 1. The lowest BCUT2D eigenvalue weighted by molar-refractivity contribution is -0.210. The van der Waals surface area contributed by atoms with Crippen molar-refractivity contribution < 1.29 is 34.1 Å². The Morgan fingerprint density at radius 2 is 1.88 bits per heavy atom. The zero-order valence-electron chi connectivity index (χ0n) is 19.2. The minimum absolute atomic E-state index is 0.0543. The number of fused-ring (bicyclic) bond motifs is 3. The van der Waals surface area contributed by atoms with Crippen LogP contribution in [0.4, 0.5) is 0 Å². The number of aliphatic hydroxyl groups excluding tert-OH is 1. The van der Waals surface area contributed by atoms with Crippen molar-refractivity contribution in [3.63, 3.8) is 0 Å². The van der Waals surface area contributed by atoms with Gasteiger partial charge in [0.25, 0.3) is 0 Å². The van der Waals surface area contributed by atoms with Crippen molar-refractivity contribution in [1.29, 1.82) is 0 Å². The van der Waals surface area contributed by atoms with E-state index in [4.69, 9.17) is 14.6 Å². The highest BCUT2D eigenvalue weighted by molar-refractivity contribution is 5.90. The van der Waals surface area contributed by atoms with Crippen molar-refractivity contribution in [2.24, 2.45) is 34.0 Å². The van der Waals surface area contributed by atoms with Crippen molar-refractivity contribution in [3.8, 4) is 0 Å². The number of hydrogen-bond donors (Lipinski definition) is 2. The molecule has 4 aliphatic rings. The standard InChI is InChI=1S/C25H36O7/c1-15-12-25-10-7-17-23(2,18(25)6-5-16(15)13-25)8-4-9-24(17,3)22(30)32-21(29)14-31-20(28)11-19(26)27/h16-18,21,29H,1,4-14H2,2-3H3,(H,26,27)/t16-,17+,18+,21+,23-,24-,25-/m1/s1. The van der Waals surface area contributed by atoms with Crippen LogP contribution in [-0.4, -0.2) is 41.0 Å². The van der Waals surface area contributed by atoms with Gasteiger partial charge < -0.3 is 19.7 Å². The number of carbonyl (C=O) groups excluding carboxylic acids is 2. The first-order valence-electron chi connectivity index (χ1n) is 11.9. The SMILES string of the molecule is C=C1C[C@@]23CC[C@H]4[C@@](C)(CCC[C@@]4(C)C(=O)O[C@H](O)COC(=O)CC(=O)O)[C@@H]2CC[C@@H]1C3. The molecule has 0 aromatic carbocycles. The van der Waals surface area contributed by atoms with Crippen molar-refractivity contribution in [3.05, 3.63) is 12.2 Å². The molecule has 7 nitrogen and oxygen atoms in total. The molecule has 0 aliphatic heterocycles. The highest BCUT2D eigenvalue weighted by atomic mass is 16.7. The van der Waals surface area contributed by atoms with Crippen LogP contribution >= 0.6 is 0 Å². The van der Waals surface area contributed by atoms with Gasteiger partial charge in [-0.15, -0.1) is 0 Å². The Morgan fingerprint density at radius 1 is 1.12 bits per heavy atom. The molecule has 7 heteroatoms. The number of esters is 2. The van der Waals surface area contributed by atoms with Crippen LogP contribution in [0.5, 0.6) is 0 Å². The van der Waals surface area contributed by atoms with E-state index in [-0.39, 0.29) is 11.3 Å². The van der Waals surface area contributed by atoms with E-state index in [1.54, 1.807) is 0 Å². The number of carboxylic acid groups (broad SMARTS) is 1. The zero-order chi connectivity index (χ0) is 23.3. The van der Waals surface area contributed by atoms with Crippen LogP contribution in [0.1, 0.15) is 78.1 Å². The third-order valence-corrected chi connectivity index (χ3v) is 9.45. The predicted molar refractivity (Wildman–Crippen MR) is 115 cm³/mol. The molecule has 2 N–H and O–H groups in total. The van der Waals surface area contributed by atoms with Gasteiger partial charge in [0, 0.05) is 0 Å². The second-order valence-corrected chi connectivity index (χ2v) is 11.2. The zero-order valence-corrected chi connectivity index (χ0v) is 19.2. The van der Waals surface area contributed by atoms with Crippen LogP contribution in [0, 0.1) is 34.0 Å². The van der Waals surface area contributed by atoms with Crippen LogP contribution < -0.4 is 0 Å². The van der Waals surface area contributed by atoms with Crippen molar-refractivity contribution in [1.82, 2.24) is 0 Å². The molecule has 0 aromatic rings. The number of rotatable bonds is 6. The van der Waals surface area contributed by atoms with Gasteiger partial charge in [-0.3, -0.25) is 14.4 Å². The molecule has 4 rings (SSSR count). The lowest BCUT2D eigenvalue weighted by atomic mass is 9.41. The Hall–Kier alpha value is -1.89. The fraction of sp³-hybridized carbons (Fsp3) is 0.800. The second-order valence-electron chi connectivity index (χ2n) is 11.2. The van der Waals surface area contributed by atoms with E-state index < -0.39 is 42.6 Å². The molecule has 4 aliphatic carbocycles. The fourth-order valence-electron chi connectivity index (χ4n) is 8.23. The highest BCUT2D eigenvalue weighted by Crippen LogP contribution is 2.72. The van der Waals surface area contributed by atoms with Crippen LogP contribution in [0.2, 0.25) is 0 Å². The second kappa shape index (κ2) is 8.15. The van der Waals surface area contributed by atoms with Gasteiger partial charge in [-0.25, -0.2) is 0 Å². The first-order chi connectivity index (χ1) is 15.0. The van der Waals surface area contributed by atoms with Gasteiger partial charge in [-0.05, 0) is 86.9 Å². The molecule has 0 saturated heterocycles. The minimum Gasteiger partial charge on any atom is -0.481 e. The lowest BCUT2D eigenvalue weighted by Gasteiger charge is -2.63. The molecule has 32 heavy (non-hydrogen) atoms. The van der Waals surface area contributed by atoms with E-state index in [1.807, 2.05) is 6.92 Å². The topological polar surface area (TPSA) is 110 Å². The van der Waals surface area contributed by atoms with E-state index in [1.165, 1.54) is 24.8 Å². The summed E-state index contributed by atoms with van der Waals surface area (Å²) in [6.45, 7) is 8.15. The Balaban J connectivity index is 1.46. The molecule has 0 amide bonds. The van der Waals surface area contributed by atoms with Crippen LogP contribution in [0.15, 0.2) is 12.2 Å². The molecule has 0 radical (unpaired) electrons. The molecule has 7 atom stereocenters. The van der Waals surface area contributed by atoms with Crippen molar-refractivity contribution in [2.45, 2.75) is 84.3 Å². The number of aliphatic carboxylic acids is 1. The average Bonchev–Trinajstić information content (AvgIpc) is 2.93. The molecule has 178 valence electrons. The average molecular weight is 449 g/mol. The van der Waals surface area contributed by atoms with Gasteiger partial charge in [-0.1, -0.05) is 25.5 Å². The summed E-state index contributed by atoms with van der Waals surface area (Å²) in [7, 11) is 0. The van der Waals surface area contributed by atoms with Gasteiger partial charge in [0.2, 0.25) is 6.29 Å².